The molecule has 1 heterocycles. The lowest BCUT2D eigenvalue weighted by atomic mass is 10.2. The van der Waals surface area contributed by atoms with Crippen LogP contribution in [0.2, 0.25) is 5.02 Å². The van der Waals surface area contributed by atoms with Gasteiger partial charge in [-0.1, -0.05) is 18.5 Å². The fraction of sp³-hybridized carbons (Fsp3) is 0.467. The van der Waals surface area contributed by atoms with Crippen LogP contribution in [-0.4, -0.2) is 42.9 Å². The Kier molecular flexibility index (Phi) is 5.07. The third kappa shape index (κ3) is 3.88. The number of hydrogen-bond donors (Lipinski definition) is 1. The molecule has 1 aromatic carbocycles. The van der Waals surface area contributed by atoms with E-state index < -0.39 is 0 Å². The summed E-state index contributed by atoms with van der Waals surface area (Å²) in [4.78, 5) is 26.7. The Balaban J connectivity index is 2.04. The molecule has 0 bridgehead atoms. The molecule has 0 aromatic heterocycles. The molecule has 0 saturated carbocycles. The van der Waals surface area contributed by atoms with Crippen molar-refractivity contribution in [3.05, 3.63) is 23.2 Å². The number of anilines is 2. The van der Waals surface area contributed by atoms with E-state index in [-0.39, 0.29) is 11.8 Å². The quantitative estimate of drug-likeness (QED) is 0.932. The molecule has 0 radical (unpaired) electrons. The minimum Gasteiger partial charge on any atom is -0.367 e. The standard InChI is InChI=1S/C15H20ClN3O2/c1-3-15(21)17-12-4-5-14(13(16)10-12)19-8-6-18(7-9-19)11(2)20/h4-5,10H,3,6-9H2,1-2H3,(H,17,21). The summed E-state index contributed by atoms with van der Waals surface area (Å²) in [6.45, 7) is 6.34. The molecule has 21 heavy (non-hydrogen) atoms. The highest BCUT2D eigenvalue weighted by Gasteiger charge is 2.20. The van der Waals surface area contributed by atoms with Crippen LogP contribution >= 0.6 is 11.6 Å². The van der Waals surface area contributed by atoms with E-state index in [0.29, 0.717) is 30.2 Å². The van der Waals surface area contributed by atoms with Gasteiger partial charge in [-0.15, -0.1) is 0 Å². The molecule has 1 aliphatic rings. The number of rotatable bonds is 3. The van der Waals surface area contributed by atoms with Gasteiger partial charge in [0.25, 0.3) is 0 Å². The molecule has 1 fully saturated rings. The average molecular weight is 310 g/mol. The Morgan fingerprint density at radius 3 is 2.43 bits per heavy atom. The second-order valence-corrected chi connectivity index (χ2v) is 5.47. The van der Waals surface area contributed by atoms with Crippen LogP contribution in [0.15, 0.2) is 18.2 Å². The number of piperazine rings is 1. The van der Waals surface area contributed by atoms with Gasteiger partial charge < -0.3 is 15.1 Å². The Morgan fingerprint density at radius 1 is 1.24 bits per heavy atom. The van der Waals surface area contributed by atoms with Gasteiger partial charge in [-0.05, 0) is 18.2 Å². The first-order valence-electron chi connectivity index (χ1n) is 7.11. The molecule has 114 valence electrons. The summed E-state index contributed by atoms with van der Waals surface area (Å²) in [5.74, 6) is 0.0762. The van der Waals surface area contributed by atoms with Gasteiger partial charge in [-0.25, -0.2) is 0 Å². The summed E-state index contributed by atoms with van der Waals surface area (Å²) in [5, 5.41) is 3.40. The summed E-state index contributed by atoms with van der Waals surface area (Å²) in [6, 6.07) is 5.53. The predicted molar refractivity (Wildman–Crippen MR) is 84.8 cm³/mol. The van der Waals surface area contributed by atoms with Crippen molar-refractivity contribution in [2.24, 2.45) is 0 Å². The van der Waals surface area contributed by atoms with E-state index in [1.165, 1.54) is 0 Å². The Morgan fingerprint density at radius 2 is 1.90 bits per heavy atom. The van der Waals surface area contributed by atoms with Crippen molar-refractivity contribution in [2.75, 3.05) is 36.4 Å². The van der Waals surface area contributed by atoms with Crippen LogP contribution in [0.25, 0.3) is 0 Å². The van der Waals surface area contributed by atoms with E-state index in [0.717, 1.165) is 18.8 Å². The van der Waals surface area contributed by atoms with Gasteiger partial charge in [0.1, 0.15) is 0 Å². The van der Waals surface area contributed by atoms with E-state index in [4.69, 9.17) is 11.6 Å². The highest BCUT2D eigenvalue weighted by molar-refractivity contribution is 6.33. The lowest BCUT2D eigenvalue weighted by Gasteiger charge is -2.36. The van der Waals surface area contributed by atoms with Gasteiger partial charge in [0.2, 0.25) is 11.8 Å². The van der Waals surface area contributed by atoms with Crippen molar-refractivity contribution in [3.63, 3.8) is 0 Å². The number of halogens is 1. The summed E-state index contributed by atoms with van der Waals surface area (Å²) in [5.41, 5.74) is 1.65. The zero-order valence-electron chi connectivity index (χ0n) is 12.4. The Bertz CT molecular complexity index is 540. The maximum atomic E-state index is 11.4. The largest absolute Gasteiger partial charge is 0.367 e. The van der Waals surface area contributed by atoms with Crippen LogP contribution in [0.5, 0.6) is 0 Å². The fourth-order valence-electron chi connectivity index (χ4n) is 2.35. The maximum Gasteiger partial charge on any atom is 0.224 e. The van der Waals surface area contributed by atoms with E-state index in [1.807, 2.05) is 17.0 Å². The molecule has 1 saturated heterocycles. The number of hydrogen-bond acceptors (Lipinski definition) is 3. The highest BCUT2D eigenvalue weighted by Crippen LogP contribution is 2.29. The molecular formula is C15H20ClN3O2. The van der Waals surface area contributed by atoms with Gasteiger partial charge in [-0.2, -0.15) is 0 Å². The van der Waals surface area contributed by atoms with Crippen LogP contribution in [0.4, 0.5) is 11.4 Å². The highest BCUT2D eigenvalue weighted by atomic mass is 35.5. The van der Waals surface area contributed by atoms with Crippen LogP contribution in [-0.2, 0) is 9.59 Å². The van der Waals surface area contributed by atoms with E-state index >= 15 is 0 Å². The van der Waals surface area contributed by atoms with E-state index in [2.05, 4.69) is 10.2 Å². The molecule has 5 nitrogen and oxygen atoms in total. The fourth-order valence-corrected chi connectivity index (χ4v) is 2.65. The van der Waals surface area contributed by atoms with Crippen LogP contribution in [0, 0.1) is 0 Å². The van der Waals surface area contributed by atoms with Crippen LogP contribution < -0.4 is 10.2 Å². The summed E-state index contributed by atoms with van der Waals surface area (Å²) >= 11 is 6.31. The number of nitrogens with one attached hydrogen (secondary N) is 1. The molecule has 1 N–H and O–H groups in total. The van der Waals surface area contributed by atoms with Crippen LogP contribution in [0.3, 0.4) is 0 Å². The summed E-state index contributed by atoms with van der Waals surface area (Å²) < 4.78 is 0. The molecule has 2 rings (SSSR count). The van der Waals surface area contributed by atoms with Gasteiger partial charge in [-0.3, -0.25) is 9.59 Å². The molecule has 1 aromatic rings. The minimum atomic E-state index is -0.0334. The number of carbonyl (C=O) groups excluding carboxylic acids is 2. The van der Waals surface area contributed by atoms with E-state index in [1.54, 1.807) is 19.9 Å². The molecule has 2 amide bonds. The van der Waals surface area contributed by atoms with Crippen molar-refractivity contribution in [2.45, 2.75) is 20.3 Å². The zero-order valence-corrected chi connectivity index (χ0v) is 13.1. The lowest BCUT2D eigenvalue weighted by Crippen LogP contribution is -2.48. The SMILES string of the molecule is CCC(=O)Nc1ccc(N2CCN(C(C)=O)CC2)c(Cl)c1. The lowest BCUT2D eigenvalue weighted by molar-refractivity contribution is -0.129. The summed E-state index contributed by atoms with van der Waals surface area (Å²) in [6.07, 6.45) is 0.437. The van der Waals surface area contributed by atoms with Crippen molar-refractivity contribution < 1.29 is 9.59 Å². The molecule has 0 atom stereocenters. The van der Waals surface area contributed by atoms with Gasteiger partial charge in [0.05, 0.1) is 10.7 Å². The molecule has 0 unspecified atom stereocenters. The number of amides is 2. The van der Waals surface area contributed by atoms with Gasteiger partial charge in [0, 0.05) is 45.2 Å². The normalized spacial score (nSPS) is 15.0. The van der Waals surface area contributed by atoms with Crippen LogP contribution in [0.1, 0.15) is 20.3 Å². The van der Waals surface area contributed by atoms with Crippen molar-refractivity contribution in [1.29, 1.82) is 0 Å². The minimum absolute atomic E-state index is 0.0334. The summed E-state index contributed by atoms with van der Waals surface area (Å²) in [7, 11) is 0. The molecular weight excluding hydrogens is 290 g/mol. The first-order valence-corrected chi connectivity index (χ1v) is 7.49. The molecule has 0 aliphatic carbocycles. The van der Waals surface area contributed by atoms with Crippen molar-refractivity contribution in [1.82, 2.24) is 4.90 Å². The predicted octanol–water partition coefficient (Wildman–Crippen LogP) is 2.36. The smallest absolute Gasteiger partial charge is 0.224 e. The van der Waals surface area contributed by atoms with Gasteiger partial charge in [0.15, 0.2) is 0 Å². The zero-order chi connectivity index (χ0) is 15.4. The monoisotopic (exact) mass is 309 g/mol. The maximum absolute atomic E-state index is 11.4. The number of nitrogens with zero attached hydrogens (tertiary/aromatic N) is 2. The number of carbonyl (C=O) groups is 2. The first kappa shape index (κ1) is 15.6. The average Bonchev–Trinajstić information content (AvgIpc) is 2.47. The van der Waals surface area contributed by atoms with Crippen molar-refractivity contribution >= 4 is 34.8 Å². The molecule has 6 heteroatoms. The molecule has 1 aliphatic heterocycles. The first-order chi connectivity index (χ1) is 10.0. The third-order valence-electron chi connectivity index (χ3n) is 3.62. The number of benzene rings is 1. The Hall–Kier alpha value is -1.75. The topological polar surface area (TPSA) is 52.7 Å². The van der Waals surface area contributed by atoms with E-state index in [9.17, 15) is 9.59 Å². The third-order valence-corrected chi connectivity index (χ3v) is 3.92. The van der Waals surface area contributed by atoms with Gasteiger partial charge >= 0.3 is 0 Å². The second-order valence-electron chi connectivity index (χ2n) is 5.06. The van der Waals surface area contributed by atoms with Crippen molar-refractivity contribution in [3.8, 4) is 0 Å². The second kappa shape index (κ2) is 6.80. The Labute approximate surface area is 129 Å². The molecule has 0 spiro atoms.